The minimum Gasteiger partial charge on any atom is -0.481 e. The summed E-state index contributed by atoms with van der Waals surface area (Å²) in [6.07, 6.45) is 1.96. The first-order chi connectivity index (χ1) is 12.0. The zero-order valence-electron chi connectivity index (χ0n) is 15.2. The van der Waals surface area contributed by atoms with Gasteiger partial charge in [0.1, 0.15) is 5.75 Å². The highest BCUT2D eigenvalue weighted by molar-refractivity contribution is 5.94. The first-order valence-electron chi connectivity index (χ1n) is 8.93. The van der Waals surface area contributed by atoms with Crippen molar-refractivity contribution in [3.05, 3.63) is 53.6 Å². The van der Waals surface area contributed by atoms with Gasteiger partial charge in [-0.1, -0.05) is 17.7 Å². The Bertz CT molecular complexity index is 734. The molecule has 0 bridgehead atoms. The van der Waals surface area contributed by atoms with Crippen LogP contribution < -0.4 is 15.0 Å². The normalized spacial score (nSPS) is 15.1. The van der Waals surface area contributed by atoms with Crippen LogP contribution in [0.3, 0.4) is 0 Å². The standard InChI is InChI=1S/C21H26N2O2/c1-15-6-11-20(16(2)14-15)25-17(3)21(24)22-18-7-9-19(10-8-18)23-12-4-5-13-23/h6-11,14,17H,4-5,12-13H2,1-3H3,(H,22,24)/t17-/m0/s1. The maximum absolute atomic E-state index is 12.4. The van der Waals surface area contributed by atoms with Crippen LogP contribution in [0.1, 0.15) is 30.9 Å². The van der Waals surface area contributed by atoms with Crippen molar-refractivity contribution in [2.24, 2.45) is 0 Å². The second kappa shape index (κ2) is 7.60. The summed E-state index contributed by atoms with van der Waals surface area (Å²) in [7, 11) is 0. The van der Waals surface area contributed by atoms with Crippen LogP contribution in [0.25, 0.3) is 0 Å². The van der Waals surface area contributed by atoms with Gasteiger partial charge in [-0.3, -0.25) is 4.79 Å². The molecule has 1 saturated heterocycles. The molecule has 1 aliphatic heterocycles. The van der Waals surface area contributed by atoms with E-state index in [9.17, 15) is 4.79 Å². The van der Waals surface area contributed by atoms with Crippen molar-refractivity contribution in [2.75, 3.05) is 23.3 Å². The molecule has 25 heavy (non-hydrogen) atoms. The molecule has 1 aliphatic rings. The Hall–Kier alpha value is -2.49. The number of aryl methyl sites for hydroxylation is 2. The third-order valence-corrected chi connectivity index (χ3v) is 4.61. The van der Waals surface area contributed by atoms with Gasteiger partial charge in [-0.2, -0.15) is 0 Å². The van der Waals surface area contributed by atoms with Crippen LogP contribution in [0, 0.1) is 13.8 Å². The summed E-state index contributed by atoms with van der Waals surface area (Å²) < 4.78 is 5.82. The summed E-state index contributed by atoms with van der Waals surface area (Å²) in [4.78, 5) is 14.8. The Kier molecular flexibility index (Phi) is 5.27. The van der Waals surface area contributed by atoms with Gasteiger partial charge in [0, 0.05) is 24.5 Å². The van der Waals surface area contributed by atoms with E-state index < -0.39 is 6.10 Å². The van der Waals surface area contributed by atoms with Crippen LogP contribution in [0.5, 0.6) is 5.75 Å². The molecule has 2 aromatic rings. The quantitative estimate of drug-likeness (QED) is 0.883. The molecule has 1 fully saturated rings. The van der Waals surface area contributed by atoms with E-state index in [1.165, 1.54) is 24.1 Å². The number of anilines is 2. The largest absolute Gasteiger partial charge is 0.481 e. The Morgan fingerprint density at radius 3 is 2.40 bits per heavy atom. The van der Waals surface area contributed by atoms with Crippen LogP contribution in [-0.2, 0) is 4.79 Å². The topological polar surface area (TPSA) is 41.6 Å². The van der Waals surface area contributed by atoms with E-state index in [1.807, 2.05) is 38.1 Å². The third kappa shape index (κ3) is 4.32. The van der Waals surface area contributed by atoms with Crippen LogP contribution >= 0.6 is 0 Å². The number of carbonyl (C=O) groups excluding carboxylic acids is 1. The van der Waals surface area contributed by atoms with Crippen molar-refractivity contribution in [3.63, 3.8) is 0 Å². The second-order valence-corrected chi connectivity index (χ2v) is 6.76. The molecule has 4 heteroatoms. The van der Waals surface area contributed by atoms with Gasteiger partial charge in [0.25, 0.3) is 5.91 Å². The molecule has 0 spiro atoms. The highest BCUT2D eigenvalue weighted by Gasteiger charge is 2.16. The number of amides is 1. The zero-order chi connectivity index (χ0) is 17.8. The van der Waals surface area contributed by atoms with E-state index in [0.29, 0.717) is 0 Å². The molecular formula is C21H26N2O2. The van der Waals surface area contributed by atoms with E-state index in [2.05, 4.69) is 28.4 Å². The summed E-state index contributed by atoms with van der Waals surface area (Å²) in [5, 5.41) is 2.93. The number of hydrogen-bond acceptors (Lipinski definition) is 3. The summed E-state index contributed by atoms with van der Waals surface area (Å²) in [6, 6.07) is 14.0. The van der Waals surface area contributed by atoms with Gasteiger partial charge in [-0.05, 0) is 69.5 Å². The average molecular weight is 338 g/mol. The Labute approximate surface area is 149 Å². The number of nitrogens with zero attached hydrogens (tertiary/aromatic N) is 1. The molecule has 1 N–H and O–H groups in total. The van der Waals surface area contributed by atoms with Crippen molar-refractivity contribution in [1.82, 2.24) is 0 Å². The van der Waals surface area contributed by atoms with Crippen molar-refractivity contribution < 1.29 is 9.53 Å². The molecular weight excluding hydrogens is 312 g/mol. The lowest BCUT2D eigenvalue weighted by Crippen LogP contribution is -2.30. The van der Waals surface area contributed by atoms with Gasteiger partial charge in [0.15, 0.2) is 6.10 Å². The third-order valence-electron chi connectivity index (χ3n) is 4.61. The molecule has 0 saturated carbocycles. The molecule has 1 atom stereocenters. The predicted molar refractivity (Wildman–Crippen MR) is 103 cm³/mol. The number of hydrogen-bond donors (Lipinski definition) is 1. The van der Waals surface area contributed by atoms with Gasteiger partial charge < -0.3 is 15.0 Å². The van der Waals surface area contributed by atoms with Crippen molar-refractivity contribution in [1.29, 1.82) is 0 Å². The highest BCUT2D eigenvalue weighted by Crippen LogP contribution is 2.23. The number of rotatable bonds is 5. The number of carbonyl (C=O) groups is 1. The summed E-state index contributed by atoms with van der Waals surface area (Å²) >= 11 is 0. The molecule has 1 amide bonds. The van der Waals surface area contributed by atoms with E-state index in [4.69, 9.17) is 4.74 Å². The van der Waals surface area contributed by atoms with Crippen LogP contribution in [-0.4, -0.2) is 25.1 Å². The first kappa shape index (κ1) is 17.3. The minimum absolute atomic E-state index is 0.145. The SMILES string of the molecule is Cc1ccc(O[C@@H](C)C(=O)Nc2ccc(N3CCCC3)cc2)c(C)c1. The van der Waals surface area contributed by atoms with Crippen LogP contribution in [0.2, 0.25) is 0 Å². The minimum atomic E-state index is -0.556. The molecule has 0 aromatic heterocycles. The maximum Gasteiger partial charge on any atom is 0.265 e. The summed E-state index contributed by atoms with van der Waals surface area (Å²) in [5.74, 6) is 0.603. The first-order valence-corrected chi connectivity index (χ1v) is 8.93. The van der Waals surface area contributed by atoms with Crippen molar-refractivity contribution >= 4 is 17.3 Å². The Morgan fingerprint density at radius 2 is 1.76 bits per heavy atom. The van der Waals surface area contributed by atoms with Gasteiger partial charge in [0.05, 0.1) is 0 Å². The lowest BCUT2D eigenvalue weighted by molar-refractivity contribution is -0.122. The predicted octanol–water partition coefficient (Wildman–Crippen LogP) is 4.31. The lowest BCUT2D eigenvalue weighted by Gasteiger charge is -2.19. The van der Waals surface area contributed by atoms with Gasteiger partial charge in [0.2, 0.25) is 0 Å². The van der Waals surface area contributed by atoms with E-state index in [0.717, 1.165) is 30.1 Å². The van der Waals surface area contributed by atoms with E-state index in [1.54, 1.807) is 6.92 Å². The number of ether oxygens (including phenoxy) is 1. The number of nitrogens with one attached hydrogen (secondary N) is 1. The lowest BCUT2D eigenvalue weighted by atomic mass is 10.1. The van der Waals surface area contributed by atoms with E-state index in [-0.39, 0.29) is 5.91 Å². The molecule has 4 nitrogen and oxygen atoms in total. The summed E-state index contributed by atoms with van der Waals surface area (Å²) in [5.41, 5.74) is 4.23. The Morgan fingerprint density at radius 1 is 1.08 bits per heavy atom. The van der Waals surface area contributed by atoms with Crippen molar-refractivity contribution in [2.45, 2.75) is 39.7 Å². The zero-order valence-corrected chi connectivity index (χ0v) is 15.2. The smallest absolute Gasteiger partial charge is 0.265 e. The molecule has 0 unspecified atom stereocenters. The molecule has 3 rings (SSSR count). The fourth-order valence-corrected chi connectivity index (χ4v) is 3.15. The fourth-order valence-electron chi connectivity index (χ4n) is 3.15. The second-order valence-electron chi connectivity index (χ2n) is 6.76. The number of benzene rings is 2. The molecule has 1 heterocycles. The summed E-state index contributed by atoms with van der Waals surface area (Å²) in [6.45, 7) is 8.04. The Balaban J connectivity index is 1.59. The highest BCUT2D eigenvalue weighted by atomic mass is 16.5. The van der Waals surface area contributed by atoms with Gasteiger partial charge in [-0.15, -0.1) is 0 Å². The molecule has 0 aliphatic carbocycles. The molecule has 0 radical (unpaired) electrons. The van der Waals surface area contributed by atoms with Gasteiger partial charge in [-0.25, -0.2) is 0 Å². The van der Waals surface area contributed by atoms with Crippen molar-refractivity contribution in [3.8, 4) is 5.75 Å². The van der Waals surface area contributed by atoms with Gasteiger partial charge >= 0.3 is 0 Å². The molecule has 132 valence electrons. The maximum atomic E-state index is 12.4. The van der Waals surface area contributed by atoms with Crippen LogP contribution in [0.15, 0.2) is 42.5 Å². The van der Waals surface area contributed by atoms with Crippen LogP contribution in [0.4, 0.5) is 11.4 Å². The van der Waals surface area contributed by atoms with E-state index >= 15 is 0 Å². The average Bonchev–Trinajstić information content (AvgIpc) is 3.12. The monoisotopic (exact) mass is 338 g/mol. The molecule has 2 aromatic carbocycles. The fraction of sp³-hybridized carbons (Fsp3) is 0.381.